The summed E-state index contributed by atoms with van der Waals surface area (Å²) in [5.74, 6) is 1.21. The monoisotopic (exact) mass is 676 g/mol. The molecule has 5 rings (SSSR count). The number of anilines is 1. The van der Waals surface area contributed by atoms with Gasteiger partial charge >= 0.3 is 12.1 Å². The number of nitrogens with zero attached hydrogens (tertiary/aromatic N) is 3. The number of ether oxygens (including phenoxy) is 2. The molecule has 0 radical (unpaired) electrons. The second kappa shape index (κ2) is 17.2. The second-order valence-electron chi connectivity index (χ2n) is 14.7. The molecule has 0 atom stereocenters. The SMILES string of the molecule is CC(C)COc1ccc(NC(=O)N(Cc2ccc(-c3ccc(CN(C(=O)OC(C)(C)C)C4CCCCC4)cc3)cc2)Cc2cccnc2)cc1. The Morgan fingerprint density at radius 2 is 1.40 bits per heavy atom. The van der Waals surface area contributed by atoms with E-state index >= 15 is 0 Å². The zero-order chi connectivity index (χ0) is 35.5. The third kappa shape index (κ3) is 11.1. The van der Waals surface area contributed by atoms with Crippen LogP contribution in [0.5, 0.6) is 5.75 Å². The van der Waals surface area contributed by atoms with Crippen molar-refractivity contribution in [3.05, 3.63) is 114 Å². The molecule has 1 saturated carbocycles. The maximum atomic E-state index is 13.6. The highest BCUT2D eigenvalue weighted by Crippen LogP contribution is 2.28. The number of aromatic nitrogens is 1. The average molecular weight is 677 g/mol. The summed E-state index contributed by atoms with van der Waals surface area (Å²) in [4.78, 5) is 34.7. The average Bonchev–Trinajstić information content (AvgIpc) is 3.10. The van der Waals surface area contributed by atoms with Crippen molar-refractivity contribution in [1.29, 1.82) is 0 Å². The van der Waals surface area contributed by atoms with Gasteiger partial charge in [-0.1, -0.05) is 87.7 Å². The first-order chi connectivity index (χ1) is 24.0. The van der Waals surface area contributed by atoms with Crippen molar-refractivity contribution in [1.82, 2.24) is 14.8 Å². The lowest BCUT2D eigenvalue weighted by atomic mass is 9.94. The van der Waals surface area contributed by atoms with E-state index < -0.39 is 5.60 Å². The first-order valence-corrected chi connectivity index (χ1v) is 17.9. The van der Waals surface area contributed by atoms with Crippen LogP contribution in [0.1, 0.15) is 83.4 Å². The number of carbonyl (C=O) groups excluding carboxylic acids is 2. The Morgan fingerprint density at radius 3 is 1.96 bits per heavy atom. The summed E-state index contributed by atoms with van der Waals surface area (Å²) in [6.45, 7) is 12.0. The first-order valence-electron chi connectivity index (χ1n) is 17.9. The predicted molar refractivity (Wildman–Crippen MR) is 200 cm³/mol. The number of rotatable bonds is 12. The van der Waals surface area contributed by atoms with E-state index in [0.29, 0.717) is 37.8 Å². The molecule has 0 unspecified atom stereocenters. The van der Waals surface area contributed by atoms with E-state index in [-0.39, 0.29) is 18.2 Å². The number of carbonyl (C=O) groups is 2. The molecular formula is C42H52N4O4. The molecule has 1 aliphatic rings. The van der Waals surface area contributed by atoms with Gasteiger partial charge in [0.05, 0.1) is 6.61 Å². The molecule has 1 aliphatic carbocycles. The van der Waals surface area contributed by atoms with Crippen LogP contribution in [0.3, 0.4) is 0 Å². The maximum absolute atomic E-state index is 13.6. The Kier molecular flexibility index (Phi) is 12.5. The minimum absolute atomic E-state index is 0.196. The molecule has 1 heterocycles. The fourth-order valence-electron chi connectivity index (χ4n) is 6.09. The van der Waals surface area contributed by atoms with Gasteiger partial charge in [-0.05, 0) is 97.7 Å². The van der Waals surface area contributed by atoms with Gasteiger partial charge < -0.3 is 24.6 Å². The number of pyridine rings is 1. The highest BCUT2D eigenvalue weighted by molar-refractivity contribution is 5.89. The van der Waals surface area contributed by atoms with Crippen molar-refractivity contribution >= 4 is 17.8 Å². The van der Waals surface area contributed by atoms with Crippen molar-refractivity contribution in [2.24, 2.45) is 5.92 Å². The first kappa shape index (κ1) is 36.4. The maximum Gasteiger partial charge on any atom is 0.410 e. The van der Waals surface area contributed by atoms with Crippen LogP contribution in [0.2, 0.25) is 0 Å². The number of urea groups is 1. The summed E-state index contributed by atoms with van der Waals surface area (Å²) >= 11 is 0. The van der Waals surface area contributed by atoms with E-state index in [1.54, 1.807) is 17.3 Å². The third-order valence-corrected chi connectivity index (χ3v) is 8.68. The summed E-state index contributed by atoms with van der Waals surface area (Å²) in [5, 5.41) is 3.05. The largest absolute Gasteiger partial charge is 0.493 e. The van der Waals surface area contributed by atoms with Gasteiger partial charge in [0.15, 0.2) is 0 Å². The van der Waals surface area contributed by atoms with E-state index in [1.807, 2.05) is 62.1 Å². The molecule has 8 nitrogen and oxygen atoms in total. The lowest BCUT2D eigenvalue weighted by Gasteiger charge is -2.35. The fourth-order valence-corrected chi connectivity index (χ4v) is 6.09. The molecule has 0 spiro atoms. The zero-order valence-electron chi connectivity index (χ0n) is 30.2. The second-order valence-corrected chi connectivity index (χ2v) is 14.7. The molecule has 50 heavy (non-hydrogen) atoms. The number of hydrogen-bond donors (Lipinski definition) is 1. The van der Waals surface area contributed by atoms with Crippen molar-refractivity contribution in [3.8, 4) is 16.9 Å². The Morgan fingerprint density at radius 1 is 0.800 bits per heavy atom. The lowest BCUT2D eigenvalue weighted by molar-refractivity contribution is 0.00988. The van der Waals surface area contributed by atoms with E-state index in [0.717, 1.165) is 59.3 Å². The van der Waals surface area contributed by atoms with Crippen LogP contribution in [0.4, 0.5) is 15.3 Å². The van der Waals surface area contributed by atoms with Crippen LogP contribution in [-0.4, -0.2) is 45.2 Å². The van der Waals surface area contributed by atoms with Crippen LogP contribution < -0.4 is 10.1 Å². The Bertz CT molecular complexity index is 1640. The number of nitrogens with one attached hydrogen (secondary N) is 1. The van der Waals surface area contributed by atoms with Crippen LogP contribution >= 0.6 is 0 Å². The van der Waals surface area contributed by atoms with Gasteiger partial charge in [-0.2, -0.15) is 0 Å². The fraction of sp³-hybridized carbons (Fsp3) is 0.405. The van der Waals surface area contributed by atoms with Gasteiger partial charge in [0.1, 0.15) is 11.4 Å². The molecule has 0 bridgehead atoms. The molecule has 1 aromatic heterocycles. The van der Waals surface area contributed by atoms with Crippen LogP contribution in [0.15, 0.2) is 97.3 Å². The Labute approximate surface area is 297 Å². The predicted octanol–water partition coefficient (Wildman–Crippen LogP) is 10.1. The van der Waals surface area contributed by atoms with Crippen LogP contribution in [0, 0.1) is 5.92 Å². The van der Waals surface area contributed by atoms with E-state index in [9.17, 15) is 9.59 Å². The molecule has 0 aliphatic heterocycles. The number of benzene rings is 3. The van der Waals surface area contributed by atoms with E-state index in [4.69, 9.17) is 9.47 Å². The molecule has 0 saturated heterocycles. The molecule has 1 fully saturated rings. The molecule has 3 aromatic carbocycles. The topological polar surface area (TPSA) is 84.0 Å². The Balaban J connectivity index is 1.25. The van der Waals surface area contributed by atoms with Gasteiger partial charge in [0, 0.05) is 43.8 Å². The molecule has 8 heteroatoms. The molecular weight excluding hydrogens is 624 g/mol. The Hall–Kier alpha value is -4.85. The standard InChI is InChI=1S/C42H52N4O4/c1-31(2)30-49-39-23-21-37(22-24-39)44-40(47)45(28-34-10-9-25-43-26-34)27-32-13-17-35(18-14-32)36-19-15-33(16-20-36)29-46(38-11-7-6-8-12-38)41(48)50-42(3,4)5/h9-10,13-26,31,38H,6-8,11-12,27-30H2,1-5H3,(H,44,47). The molecule has 264 valence electrons. The van der Waals surface area contributed by atoms with Crippen molar-refractivity contribution in [2.45, 2.75) is 98.0 Å². The van der Waals surface area contributed by atoms with Crippen LogP contribution in [-0.2, 0) is 24.4 Å². The van der Waals surface area contributed by atoms with Gasteiger partial charge in [-0.25, -0.2) is 9.59 Å². The van der Waals surface area contributed by atoms with Crippen molar-refractivity contribution in [2.75, 3.05) is 11.9 Å². The van der Waals surface area contributed by atoms with E-state index in [2.05, 4.69) is 72.7 Å². The summed E-state index contributed by atoms with van der Waals surface area (Å²) in [6.07, 6.45) is 8.84. The van der Waals surface area contributed by atoms with Gasteiger partial charge in [-0.3, -0.25) is 4.98 Å². The van der Waals surface area contributed by atoms with Gasteiger partial charge in [-0.15, -0.1) is 0 Å². The smallest absolute Gasteiger partial charge is 0.410 e. The molecule has 1 N–H and O–H groups in total. The highest BCUT2D eigenvalue weighted by atomic mass is 16.6. The minimum atomic E-state index is -0.533. The minimum Gasteiger partial charge on any atom is -0.493 e. The highest BCUT2D eigenvalue weighted by Gasteiger charge is 2.29. The summed E-state index contributed by atoms with van der Waals surface area (Å²) < 4.78 is 11.6. The summed E-state index contributed by atoms with van der Waals surface area (Å²) in [7, 11) is 0. The summed E-state index contributed by atoms with van der Waals surface area (Å²) in [5.41, 5.74) is 5.39. The molecule has 4 aromatic rings. The lowest BCUT2D eigenvalue weighted by Crippen LogP contribution is -2.43. The quantitative estimate of drug-likeness (QED) is 0.161. The van der Waals surface area contributed by atoms with Crippen LogP contribution in [0.25, 0.3) is 11.1 Å². The van der Waals surface area contributed by atoms with Crippen molar-refractivity contribution < 1.29 is 19.1 Å². The van der Waals surface area contributed by atoms with Crippen molar-refractivity contribution in [3.63, 3.8) is 0 Å². The number of hydrogen-bond acceptors (Lipinski definition) is 5. The third-order valence-electron chi connectivity index (χ3n) is 8.68. The number of amides is 3. The van der Waals surface area contributed by atoms with Gasteiger partial charge in [0.2, 0.25) is 0 Å². The van der Waals surface area contributed by atoms with E-state index in [1.165, 1.54) is 6.42 Å². The zero-order valence-corrected chi connectivity index (χ0v) is 30.2. The normalized spacial score (nSPS) is 13.5. The van der Waals surface area contributed by atoms with Gasteiger partial charge in [0.25, 0.3) is 0 Å². The molecule has 3 amide bonds. The summed E-state index contributed by atoms with van der Waals surface area (Å²) in [6, 6.07) is 28.1.